The van der Waals surface area contributed by atoms with Gasteiger partial charge in [-0.05, 0) is 30.0 Å². The number of nitrogens with one attached hydrogen (secondary N) is 1. The van der Waals surface area contributed by atoms with E-state index in [4.69, 9.17) is 4.74 Å². The highest BCUT2D eigenvalue weighted by Gasteiger charge is 2.45. The molecule has 2 amide bonds. The van der Waals surface area contributed by atoms with E-state index in [-0.39, 0.29) is 18.4 Å². The lowest BCUT2D eigenvalue weighted by Crippen LogP contribution is -2.62. The van der Waals surface area contributed by atoms with Crippen LogP contribution in [0.3, 0.4) is 0 Å². The minimum Gasteiger partial charge on any atom is -0.361 e. The monoisotopic (exact) mass is 394 g/mol. The molecule has 0 aromatic heterocycles. The molecule has 154 valence electrons. The third-order valence-electron chi connectivity index (χ3n) is 5.33. The Kier molecular flexibility index (Phi) is 7.04. The number of likely N-dealkylation sites (N-methyl/N-ethyl adjacent to an activating group) is 1. The molecule has 0 aliphatic carbocycles. The van der Waals surface area contributed by atoms with E-state index in [1.54, 1.807) is 4.90 Å². The second-order valence-electron chi connectivity index (χ2n) is 7.47. The summed E-state index contributed by atoms with van der Waals surface area (Å²) >= 11 is 0. The van der Waals surface area contributed by atoms with E-state index < -0.39 is 5.60 Å². The number of hydrogen-bond donors (Lipinski definition) is 1. The molecule has 5 heteroatoms. The smallest absolute Gasteiger partial charge is 0.254 e. The molecule has 5 nitrogen and oxygen atoms in total. The zero-order valence-electron chi connectivity index (χ0n) is 17.3. The number of hydrogen-bond acceptors (Lipinski definition) is 3. The van der Waals surface area contributed by atoms with Crippen molar-refractivity contribution in [1.29, 1.82) is 0 Å². The number of morpholine rings is 1. The van der Waals surface area contributed by atoms with Crippen LogP contribution in [0.4, 0.5) is 0 Å². The van der Waals surface area contributed by atoms with Gasteiger partial charge in [0.2, 0.25) is 5.91 Å². The molecule has 3 rings (SSSR count). The molecule has 1 saturated heterocycles. The molecule has 2 aromatic carbocycles. The van der Waals surface area contributed by atoms with E-state index in [1.165, 1.54) is 0 Å². The molecule has 0 spiro atoms. The van der Waals surface area contributed by atoms with Crippen molar-refractivity contribution in [2.45, 2.75) is 38.7 Å². The van der Waals surface area contributed by atoms with Gasteiger partial charge in [-0.25, -0.2) is 0 Å². The first kappa shape index (κ1) is 21.1. The fourth-order valence-corrected chi connectivity index (χ4v) is 3.90. The third kappa shape index (κ3) is 4.85. The summed E-state index contributed by atoms with van der Waals surface area (Å²) in [5.41, 5.74) is 2.14. The van der Waals surface area contributed by atoms with Crippen molar-refractivity contribution >= 4 is 11.8 Å². The fraction of sp³-hybridized carbons (Fsp3) is 0.417. The average molecular weight is 395 g/mol. The Balaban J connectivity index is 1.95. The molecule has 2 aromatic rings. The Hall–Kier alpha value is -2.66. The van der Waals surface area contributed by atoms with Gasteiger partial charge in [0.05, 0.1) is 13.2 Å². The zero-order chi connectivity index (χ0) is 20.7. The van der Waals surface area contributed by atoms with Crippen LogP contribution in [0.5, 0.6) is 0 Å². The van der Waals surface area contributed by atoms with Gasteiger partial charge >= 0.3 is 0 Å². The highest BCUT2D eigenvalue weighted by atomic mass is 16.5. The second-order valence-corrected chi connectivity index (χ2v) is 7.47. The lowest BCUT2D eigenvalue weighted by molar-refractivity contribution is -0.166. The minimum absolute atomic E-state index is 0.0841. The molecule has 1 atom stereocenters. The first-order valence-electron chi connectivity index (χ1n) is 10.4. The number of carbonyl (C=O) groups is 2. The molecule has 1 aliphatic heterocycles. The summed E-state index contributed by atoms with van der Waals surface area (Å²) in [7, 11) is 0. The Labute approximate surface area is 173 Å². The van der Waals surface area contributed by atoms with E-state index in [2.05, 4.69) is 23.5 Å². The highest BCUT2D eigenvalue weighted by Crippen LogP contribution is 2.30. The molecule has 29 heavy (non-hydrogen) atoms. The maximum atomic E-state index is 13.1. The molecule has 1 N–H and O–H groups in total. The van der Waals surface area contributed by atoms with E-state index in [0.29, 0.717) is 32.5 Å². The molecule has 0 radical (unpaired) electrons. The molecule has 1 fully saturated rings. The lowest BCUT2D eigenvalue weighted by Gasteiger charge is -2.42. The van der Waals surface area contributed by atoms with Gasteiger partial charge in [0.15, 0.2) is 5.60 Å². The third-order valence-corrected chi connectivity index (χ3v) is 5.33. The highest BCUT2D eigenvalue weighted by molar-refractivity contribution is 5.88. The molecular formula is C24H30N2O3. The van der Waals surface area contributed by atoms with E-state index in [9.17, 15) is 9.59 Å². The minimum atomic E-state index is -1.08. The summed E-state index contributed by atoms with van der Waals surface area (Å²) in [4.78, 5) is 27.5. The standard InChI is InChI=1S/C24H30N2O3/c1-3-10-22(27)26-15-16-29-24(18-26,23(28)25-4-2)17-20-13-8-9-14-21(20)19-11-6-5-7-12-19/h5-9,11-14H,3-4,10,15-18H2,1-2H3,(H,25,28). The van der Waals surface area contributed by atoms with Crippen molar-refractivity contribution < 1.29 is 14.3 Å². The molecule has 0 saturated carbocycles. The van der Waals surface area contributed by atoms with E-state index in [0.717, 1.165) is 23.1 Å². The van der Waals surface area contributed by atoms with Crippen LogP contribution >= 0.6 is 0 Å². The second kappa shape index (κ2) is 9.70. The van der Waals surface area contributed by atoms with Crippen molar-refractivity contribution in [3.05, 3.63) is 60.2 Å². The van der Waals surface area contributed by atoms with Crippen LogP contribution in [0.2, 0.25) is 0 Å². The SMILES string of the molecule is CCCC(=O)N1CCOC(Cc2ccccc2-c2ccccc2)(C(=O)NCC)C1. The summed E-state index contributed by atoms with van der Waals surface area (Å²) < 4.78 is 6.13. The average Bonchev–Trinajstić information content (AvgIpc) is 2.75. The van der Waals surface area contributed by atoms with Gasteiger partial charge in [0, 0.05) is 25.9 Å². The topological polar surface area (TPSA) is 58.6 Å². The number of benzene rings is 2. The largest absolute Gasteiger partial charge is 0.361 e. The van der Waals surface area contributed by atoms with Crippen LogP contribution in [0, 0.1) is 0 Å². The zero-order valence-corrected chi connectivity index (χ0v) is 17.3. The molecular weight excluding hydrogens is 364 g/mol. The Bertz CT molecular complexity index is 837. The number of ether oxygens (including phenoxy) is 1. The first-order chi connectivity index (χ1) is 14.1. The summed E-state index contributed by atoms with van der Waals surface area (Å²) in [5, 5.41) is 2.93. The molecule has 0 bridgehead atoms. The molecule has 1 unspecified atom stereocenters. The van der Waals surface area contributed by atoms with Crippen LogP contribution < -0.4 is 5.32 Å². The van der Waals surface area contributed by atoms with E-state index >= 15 is 0 Å². The number of carbonyl (C=O) groups excluding carboxylic acids is 2. The normalized spacial score (nSPS) is 19.0. The van der Waals surface area contributed by atoms with Crippen LogP contribution in [0.1, 0.15) is 32.3 Å². The Morgan fingerprint density at radius 3 is 2.52 bits per heavy atom. The van der Waals surface area contributed by atoms with Crippen LogP contribution in [0.15, 0.2) is 54.6 Å². The fourth-order valence-electron chi connectivity index (χ4n) is 3.90. The first-order valence-corrected chi connectivity index (χ1v) is 10.4. The molecule has 1 aliphatic rings. The van der Waals surface area contributed by atoms with E-state index in [1.807, 2.05) is 50.2 Å². The Morgan fingerprint density at radius 2 is 1.79 bits per heavy atom. The van der Waals surface area contributed by atoms with Gasteiger partial charge in [-0.1, -0.05) is 61.5 Å². The number of nitrogens with zero attached hydrogens (tertiary/aromatic N) is 1. The summed E-state index contributed by atoms with van der Waals surface area (Å²) in [5.74, 6) is -0.0716. The predicted octanol–water partition coefficient (Wildman–Crippen LogP) is 3.43. The maximum Gasteiger partial charge on any atom is 0.254 e. The van der Waals surface area contributed by atoms with Crippen molar-refractivity contribution in [3.63, 3.8) is 0 Å². The van der Waals surface area contributed by atoms with Gasteiger partial charge in [0.1, 0.15) is 0 Å². The number of amides is 2. The van der Waals surface area contributed by atoms with Crippen molar-refractivity contribution in [2.75, 3.05) is 26.2 Å². The summed E-state index contributed by atoms with van der Waals surface area (Å²) in [6.45, 7) is 5.58. The van der Waals surface area contributed by atoms with Crippen molar-refractivity contribution in [3.8, 4) is 11.1 Å². The quantitative estimate of drug-likeness (QED) is 0.783. The van der Waals surface area contributed by atoms with Crippen molar-refractivity contribution in [2.24, 2.45) is 0 Å². The van der Waals surface area contributed by atoms with Crippen LogP contribution in [-0.4, -0.2) is 48.6 Å². The molecule has 1 heterocycles. The maximum absolute atomic E-state index is 13.1. The van der Waals surface area contributed by atoms with Crippen LogP contribution in [-0.2, 0) is 20.7 Å². The summed E-state index contributed by atoms with van der Waals surface area (Å²) in [6.07, 6.45) is 1.70. The van der Waals surface area contributed by atoms with Gasteiger partial charge in [-0.2, -0.15) is 0 Å². The summed E-state index contributed by atoms with van der Waals surface area (Å²) in [6, 6.07) is 18.2. The Morgan fingerprint density at radius 1 is 1.07 bits per heavy atom. The van der Waals surface area contributed by atoms with Gasteiger partial charge < -0.3 is 15.0 Å². The lowest BCUT2D eigenvalue weighted by atomic mass is 9.87. The predicted molar refractivity (Wildman–Crippen MR) is 114 cm³/mol. The number of rotatable bonds is 7. The van der Waals surface area contributed by atoms with Gasteiger partial charge in [0.25, 0.3) is 5.91 Å². The van der Waals surface area contributed by atoms with Crippen molar-refractivity contribution in [1.82, 2.24) is 10.2 Å². The van der Waals surface area contributed by atoms with Gasteiger partial charge in [-0.3, -0.25) is 9.59 Å². The van der Waals surface area contributed by atoms with Crippen LogP contribution in [0.25, 0.3) is 11.1 Å². The van der Waals surface area contributed by atoms with Gasteiger partial charge in [-0.15, -0.1) is 0 Å².